The van der Waals surface area contributed by atoms with Gasteiger partial charge in [0.15, 0.2) is 0 Å². The van der Waals surface area contributed by atoms with Crippen LogP contribution in [0.5, 0.6) is 0 Å². The first-order chi connectivity index (χ1) is 14.9. The smallest absolute Gasteiger partial charge is 0.323 e. The molecule has 1 aliphatic rings. The van der Waals surface area contributed by atoms with Crippen LogP contribution in [0.1, 0.15) is 31.2 Å². The molecule has 170 valence electrons. The number of carboxylic acids is 1. The van der Waals surface area contributed by atoms with E-state index in [4.69, 9.17) is 10.8 Å². The van der Waals surface area contributed by atoms with Gasteiger partial charge in [0.25, 0.3) is 0 Å². The quantitative estimate of drug-likeness (QED) is 0.392. The van der Waals surface area contributed by atoms with E-state index in [2.05, 4.69) is 10.6 Å². The van der Waals surface area contributed by atoms with Crippen LogP contribution in [-0.2, 0) is 25.6 Å². The van der Waals surface area contributed by atoms with E-state index in [9.17, 15) is 19.2 Å². The van der Waals surface area contributed by atoms with Crippen LogP contribution in [-0.4, -0.2) is 66.4 Å². The molecule has 0 radical (unpaired) electrons. The number of rotatable bonds is 11. The SMILES string of the molecule is NC[C@H]1CC[C@H](C(=O)NCC(=O)NCCN(CC(=O)O)C(=O)Cc2ccccc2)CC1. The Hall–Kier alpha value is -2.94. The van der Waals surface area contributed by atoms with Crippen molar-refractivity contribution in [2.75, 3.05) is 32.7 Å². The molecule has 0 saturated heterocycles. The lowest BCUT2D eigenvalue weighted by Crippen LogP contribution is -2.45. The molecule has 0 aromatic heterocycles. The number of nitrogens with one attached hydrogen (secondary N) is 2. The molecule has 1 aliphatic carbocycles. The van der Waals surface area contributed by atoms with Gasteiger partial charge in [0.05, 0.1) is 13.0 Å². The molecule has 9 heteroatoms. The third kappa shape index (κ3) is 8.75. The summed E-state index contributed by atoms with van der Waals surface area (Å²) >= 11 is 0. The van der Waals surface area contributed by atoms with Crippen LogP contribution in [0.25, 0.3) is 0 Å². The Kier molecular flexibility index (Phi) is 9.96. The summed E-state index contributed by atoms with van der Waals surface area (Å²) in [5.74, 6) is -1.57. The molecule has 0 heterocycles. The lowest BCUT2D eigenvalue weighted by atomic mass is 9.81. The standard InChI is InChI=1S/C22H32N4O5/c23-13-17-6-8-18(9-7-17)22(31)25-14-19(27)24-10-11-26(15-21(29)30)20(28)12-16-4-2-1-3-5-16/h1-5,17-18H,6-15,23H2,(H,24,27)(H,25,31)(H,29,30)/t17-,18-. The highest BCUT2D eigenvalue weighted by atomic mass is 16.4. The maximum absolute atomic E-state index is 12.4. The summed E-state index contributed by atoms with van der Waals surface area (Å²) in [6, 6.07) is 9.04. The summed E-state index contributed by atoms with van der Waals surface area (Å²) in [4.78, 5) is 49.0. The van der Waals surface area contributed by atoms with Gasteiger partial charge in [0, 0.05) is 19.0 Å². The topological polar surface area (TPSA) is 142 Å². The lowest BCUT2D eigenvalue weighted by molar-refractivity contribution is -0.144. The Balaban J connectivity index is 1.71. The van der Waals surface area contributed by atoms with E-state index in [1.165, 1.54) is 4.90 Å². The molecule has 0 spiro atoms. The molecule has 1 saturated carbocycles. The van der Waals surface area contributed by atoms with E-state index in [1.807, 2.05) is 18.2 Å². The van der Waals surface area contributed by atoms with Gasteiger partial charge in [0.2, 0.25) is 17.7 Å². The first kappa shape index (κ1) is 24.3. The van der Waals surface area contributed by atoms with Gasteiger partial charge in [0.1, 0.15) is 6.54 Å². The highest BCUT2D eigenvalue weighted by Gasteiger charge is 2.25. The number of aliphatic carboxylic acids is 1. The Morgan fingerprint density at radius 3 is 2.32 bits per heavy atom. The Labute approximate surface area is 182 Å². The number of carbonyl (C=O) groups excluding carboxylic acids is 3. The molecule has 0 atom stereocenters. The minimum atomic E-state index is -1.12. The van der Waals surface area contributed by atoms with Crippen LogP contribution in [0.4, 0.5) is 0 Å². The van der Waals surface area contributed by atoms with Crippen molar-refractivity contribution in [3.8, 4) is 0 Å². The summed E-state index contributed by atoms with van der Waals surface area (Å²) in [5, 5.41) is 14.3. The highest BCUT2D eigenvalue weighted by molar-refractivity contribution is 5.86. The number of benzene rings is 1. The van der Waals surface area contributed by atoms with E-state index >= 15 is 0 Å². The number of hydrogen-bond donors (Lipinski definition) is 4. The summed E-state index contributed by atoms with van der Waals surface area (Å²) in [6.45, 7) is 0.227. The number of carbonyl (C=O) groups is 4. The molecule has 9 nitrogen and oxygen atoms in total. The van der Waals surface area contributed by atoms with Gasteiger partial charge in [-0.05, 0) is 43.7 Å². The normalized spacial score (nSPS) is 18.1. The Bertz CT molecular complexity index is 748. The first-order valence-electron chi connectivity index (χ1n) is 10.7. The number of nitrogens with two attached hydrogens (primary N) is 1. The van der Waals surface area contributed by atoms with Crippen LogP contribution in [0, 0.1) is 11.8 Å². The third-order valence-corrected chi connectivity index (χ3v) is 5.55. The average Bonchev–Trinajstić information content (AvgIpc) is 2.77. The van der Waals surface area contributed by atoms with Crippen LogP contribution >= 0.6 is 0 Å². The van der Waals surface area contributed by atoms with Gasteiger partial charge in [-0.25, -0.2) is 0 Å². The number of hydrogen-bond acceptors (Lipinski definition) is 5. The zero-order valence-electron chi connectivity index (χ0n) is 17.7. The zero-order chi connectivity index (χ0) is 22.6. The summed E-state index contributed by atoms with van der Waals surface area (Å²) in [6.07, 6.45) is 3.50. The molecule has 0 aliphatic heterocycles. The van der Waals surface area contributed by atoms with Gasteiger partial charge in [-0.3, -0.25) is 19.2 Å². The Morgan fingerprint density at radius 1 is 1.03 bits per heavy atom. The van der Waals surface area contributed by atoms with Crippen molar-refractivity contribution < 1.29 is 24.3 Å². The van der Waals surface area contributed by atoms with Gasteiger partial charge in [-0.15, -0.1) is 0 Å². The predicted molar refractivity (Wildman–Crippen MR) is 115 cm³/mol. The fourth-order valence-corrected chi connectivity index (χ4v) is 3.70. The third-order valence-electron chi connectivity index (χ3n) is 5.55. The molecule has 0 bridgehead atoms. The van der Waals surface area contributed by atoms with E-state index in [0.717, 1.165) is 31.2 Å². The fourth-order valence-electron chi connectivity index (χ4n) is 3.70. The Morgan fingerprint density at radius 2 is 1.71 bits per heavy atom. The number of nitrogens with zero attached hydrogens (tertiary/aromatic N) is 1. The maximum atomic E-state index is 12.4. The molecule has 1 aromatic carbocycles. The summed E-state index contributed by atoms with van der Waals surface area (Å²) < 4.78 is 0. The van der Waals surface area contributed by atoms with Crippen LogP contribution < -0.4 is 16.4 Å². The van der Waals surface area contributed by atoms with E-state index in [-0.39, 0.29) is 49.7 Å². The second kappa shape index (κ2) is 12.7. The maximum Gasteiger partial charge on any atom is 0.323 e. The van der Waals surface area contributed by atoms with Crippen molar-refractivity contribution in [2.45, 2.75) is 32.1 Å². The predicted octanol–water partition coefficient (Wildman–Crippen LogP) is 0.140. The van der Waals surface area contributed by atoms with E-state index in [1.54, 1.807) is 12.1 Å². The van der Waals surface area contributed by atoms with Gasteiger partial charge in [-0.2, -0.15) is 0 Å². The first-order valence-corrected chi connectivity index (χ1v) is 10.7. The van der Waals surface area contributed by atoms with Crippen molar-refractivity contribution in [1.82, 2.24) is 15.5 Å². The van der Waals surface area contributed by atoms with E-state index in [0.29, 0.717) is 12.5 Å². The van der Waals surface area contributed by atoms with Crippen molar-refractivity contribution >= 4 is 23.7 Å². The van der Waals surface area contributed by atoms with Gasteiger partial charge >= 0.3 is 5.97 Å². The van der Waals surface area contributed by atoms with Crippen molar-refractivity contribution in [3.63, 3.8) is 0 Å². The molecule has 3 amide bonds. The molecule has 1 fully saturated rings. The van der Waals surface area contributed by atoms with Crippen molar-refractivity contribution in [1.29, 1.82) is 0 Å². The molecule has 31 heavy (non-hydrogen) atoms. The summed E-state index contributed by atoms with van der Waals surface area (Å²) in [5.41, 5.74) is 6.45. The second-order valence-electron chi connectivity index (χ2n) is 7.89. The largest absolute Gasteiger partial charge is 0.480 e. The average molecular weight is 433 g/mol. The van der Waals surface area contributed by atoms with Gasteiger partial charge < -0.3 is 26.4 Å². The van der Waals surface area contributed by atoms with Crippen LogP contribution in [0.15, 0.2) is 30.3 Å². The number of carboxylic acid groups (broad SMARTS) is 1. The van der Waals surface area contributed by atoms with Crippen LogP contribution in [0.3, 0.4) is 0 Å². The molecule has 5 N–H and O–H groups in total. The van der Waals surface area contributed by atoms with Crippen LogP contribution in [0.2, 0.25) is 0 Å². The van der Waals surface area contributed by atoms with E-state index < -0.39 is 12.5 Å². The van der Waals surface area contributed by atoms with Crippen molar-refractivity contribution in [3.05, 3.63) is 35.9 Å². The minimum Gasteiger partial charge on any atom is -0.480 e. The summed E-state index contributed by atoms with van der Waals surface area (Å²) in [7, 11) is 0. The lowest BCUT2D eigenvalue weighted by Gasteiger charge is -2.26. The zero-order valence-corrected chi connectivity index (χ0v) is 17.7. The molecular weight excluding hydrogens is 400 g/mol. The van der Waals surface area contributed by atoms with Crippen molar-refractivity contribution in [2.24, 2.45) is 17.6 Å². The molecule has 2 rings (SSSR count). The monoisotopic (exact) mass is 432 g/mol. The highest BCUT2D eigenvalue weighted by Crippen LogP contribution is 2.28. The van der Waals surface area contributed by atoms with Gasteiger partial charge in [-0.1, -0.05) is 30.3 Å². The molecule has 1 aromatic rings. The molecular formula is C22H32N4O5. The molecule has 0 unspecified atom stereocenters. The fraction of sp³-hybridized carbons (Fsp3) is 0.545. The minimum absolute atomic E-state index is 0.0702. The number of amides is 3. The second-order valence-corrected chi connectivity index (χ2v) is 7.89.